The predicted molar refractivity (Wildman–Crippen MR) is 95.3 cm³/mol. The normalized spacial score (nSPS) is 11.8. The molecular weight excluding hydrogens is 396 g/mol. The van der Waals surface area contributed by atoms with Crippen LogP contribution in [0.25, 0.3) is 0 Å². The maximum atomic E-state index is 12.4. The van der Waals surface area contributed by atoms with E-state index >= 15 is 0 Å². The first-order valence-electron chi connectivity index (χ1n) is 7.15. The molecule has 0 fully saturated rings. The van der Waals surface area contributed by atoms with Crippen LogP contribution in [0.1, 0.15) is 11.4 Å². The zero-order valence-corrected chi connectivity index (χ0v) is 16.3. The van der Waals surface area contributed by atoms with Crippen molar-refractivity contribution in [3.05, 3.63) is 40.1 Å². The summed E-state index contributed by atoms with van der Waals surface area (Å²) in [5.74, 6) is -0.285. The molecule has 0 aliphatic rings. The van der Waals surface area contributed by atoms with Crippen LogP contribution in [0.15, 0.2) is 33.6 Å². The molecule has 2 aromatic rings. The van der Waals surface area contributed by atoms with E-state index in [0.717, 1.165) is 8.78 Å². The number of hydrogen-bond donors (Lipinski definition) is 1. The second kappa shape index (κ2) is 7.04. The molecular formula is C15H19BrN4O3S. The molecule has 0 radical (unpaired) electrons. The number of benzene rings is 1. The number of anilines is 1. The van der Waals surface area contributed by atoms with Gasteiger partial charge in [0.1, 0.15) is 11.4 Å². The third kappa shape index (κ3) is 3.85. The van der Waals surface area contributed by atoms with E-state index in [1.165, 1.54) is 18.8 Å². The van der Waals surface area contributed by atoms with Crippen LogP contribution in [-0.4, -0.2) is 42.5 Å². The topological polar surface area (TPSA) is 84.3 Å². The number of hydrogen-bond acceptors (Lipinski definition) is 4. The Balaban J connectivity index is 2.24. The molecule has 130 valence electrons. The van der Waals surface area contributed by atoms with E-state index in [0.29, 0.717) is 17.1 Å². The van der Waals surface area contributed by atoms with Crippen molar-refractivity contribution in [1.29, 1.82) is 0 Å². The van der Waals surface area contributed by atoms with Gasteiger partial charge in [0.05, 0.1) is 11.4 Å². The van der Waals surface area contributed by atoms with Crippen molar-refractivity contribution in [1.82, 2.24) is 14.1 Å². The van der Waals surface area contributed by atoms with Gasteiger partial charge in [-0.25, -0.2) is 12.7 Å². The summed E-state index contributed by atoms with van der Waals surface area (Å²) in [7, 11) is -0.678. The molecule has 1 amide bonds. The van der Waals surface area contributed by atoms with Crippen molar-refractivity contribution in [2.24, 2.45) is 0 Å². The van der Waals surface area contributed by atoms with Gasteiger partial charge in [0.15, 0.2) is 0 Å². The number of carbonyl (C=O) groups excluding carboxylic acids is 1. The highest BCUT2D eigenvalue weighted by molar-refractivity contribution is 9.10. The average Bonchev–Trinajstić information content (AvgIpc) is 2.73. The Morgan fingerprint density at radius 2 is 2.00 bits per heavy atom. The Kier molecular flexibility index (Phi) is 5.46. The number of halogens is 1. The highest BCUT2D eigenvalue weighted by Gasteiger charge is 2.27. The minimum absolute atomic E-state index is 0.0673. The Hall–Kier alpha value is -1.71. The van der Waals surface area contributed by atoms with E-state index in [-0.39, 0.29) is 17.3 Å². The van der Waals surface area contributed by atoms with Crippen molar-refractivity contribution in [2.45, 2.75) is 25.3 Å². The molecule has 0 unspecified atom stereocenters. The highest BCUT2D eigenvalue weighted by atomic mass is 79.9. The fourth-order valence-corrected chi connectivity index (χ4v) is 3.95. The first-order valence-corrected chi connectivity index (χ1v) is 9.38. The summed E-state index contributed by atoms with van der Waals surface area (Å²) >= 11 is 3.34. The molecule has 1 aromatic heterocycles. The van der Waals surface area contributed by atoms with Crippen LogP contribution < -0.4 is 5.32 Å². The maximum Gasteiger partial charge on any atom is 0.246 e. The van der Waals surface area contributed by atoms with Crippen LogP contribution in [0.4, 0.5) is 5.69 Å². The van der Waals surface area contributed by atoms with Crippen molar-refractivity contribution in [3.63, 3.8) is 0 Å². The number of nitrogens with zero attached hydrogens (tertiary/aromatic N) is 3. The SMILES string of the molecule is Cc1nn(CC(=O)Nc2cccc(Br)c2)c(C)c1S(=O)(=O)N(C)C. The first kappa shape index (κ1) is 18.6. The number of rotatable bonds is 5. The lowest BCUT2D eigenvalue weighted by atomic mass is 10.3. The summed E-state index contributed by atoms with van der Waals surface area (Å²) in [6, 6.07) is 7.21. The minimum Gasteiger partial charge on any atom is -0.324 e. The number of amides is 1. The summed E-state index contributed by atoms with van der Waals surface area (Å²) in [5.41, 5.74) is 1.46. The van der Waals surface area contributed by atoms with Gasteiger partial charge in [0.25, 0.3) is 0 Å². The molecule has 2 rings (SSSR count). The molecule has 1 N–H and O–H groups in total. The lowest BCUT2D eigenvalue weighted by Crippen LogP contribution is -2.24. The zero-order chi connectivity index (χ0) is 18.1. The average molecular weight is 415 g/mol. The number of nitrogens with one attached hydrogen (secondary N) is 1. The van der Waals surface area contributed by atoms with Gasteiger partial charge < -0.3 is 5.32 Å². The molecule has 0 spiro atoms. The highest BCUT2D eigenvalue weighted by Crippen LogP contribution is 2.22. The molecule has 0 aliphatic heterocycles. The number of carbonyl (C=O) groups is 1. The Morgan fingerprint density at radius 1 is 1.33 bits per heavy atom. The van der Waals surface area contributed by atoms with Crippen molar-refractivity contribution in [3.8, 4) is 0 Å². The van der Waals surface area contributed by atoms with Gasteiger partial charge in [0, 0.05) is 24.3 Å². The van der Waals surface area contributed by atoms with E-state index in [2.05, 4.69) is 26.3 Å². The van der Waals surface area contributed by atoms with Gasteiger partial charge >= 0.3 is 0 Å². The molecule has 24 heavy (non-hydrogen) atoms. The summed E-state index contributed by atoms with van der Waals surface area (Å²) in [6.07, 6.45) is 0. The Morgan fingerprint density at radius 3 is 2.58 bits per heavy atom. The van der Waals surface area contributed by atoms with Gasteiger partial charge in [-0.15, -0.1) is 0 Å². The van der Waals surface area contributed by atoms with Gasteiger partial charge in [0.2, 0.25) is 15.9 Å². The van der Waals surface area contributed by atoms with Gasteiger partial charge in [-0.3, -0.25) is 9.48 Å². The first-order chi connectivity index (χ1) is 11.1. The molecule has 1 heterocycles. The number of sulfonamides is 1. The van der Waals surface area contributed by atoms with Crippen LogP contribution in [0.3, 0.4) is 0 Å². The quantitative estimate of drug-likeness (QED) is 0.811. The smallest absolute Gasteiger partial charge is 0.246 e. The van der Waals surface area contributed by atoms with Gasteiger partial charge in [-0.05, 0) is 32.0 Å². The zero-order valence-electron chi connectivity index (χ0n) is 13.9. The number of aromatic nitrogens is 2. The molecule has 0 saturated heterocycles. The van der Waals surface area contributed by atoms with Gasteiger partial charge in [-0.2, -0.15) is 5.10 Å². The Labute approximate surface area is 149 Å². The Bertz CT molecular complexity index is 875. The second-order valence-corrected chi connectivity index (χ2v) is 8.51. The van der Waals surface area contributed by atoms with Crippen molar-refractivity contribution < 1.29 is 13.2 Å². The van der Waals surface area contributed by atoms with Crippen LogP contribution >= 0.6 is 15.9 Å². The molecule has 0 saturated carbocycles. The van der Waals surface area contributed by atoms with Crippen molar-refractivity contribution >= 4 is 37.5 Å². The predicted octanol–water partition coefficient (Wildman–Crippen LogP) is 2.15. The van der Waals surface area contributed by atoms with Crippen LogP contribution in [0.5, 0.6) is 0 Å². The molecule has 7 nitrogen and oxygen atoms in total. The fourth-order valence-electron chi connectivity index (χ4n) is 2.29. The monoisotopic (exact) mass is 414 g/mol. The number of aryl methyl sites for hydroxylation is 1. The van der Waals surface area contributed by atoms with E-state index in [4.69, 9.17) is 0 Å². The van der Waals surface area contributed by atoms with E-state index < -0.39 is 10.0 Å². The largest absolute Gasteiger partial charge is 0.324 e. The third-order valence-electron chi connectivity index (χ3n) is 3.46. The lowest BCUT2D eigenvalue weighted by molar-refractivity contribution is -0.116. The molecule has 0 aliphatic carbocycles. The van der Waals surface area contributed by atoms with E-state index in [1.54, 1.807) is 26.0 Å². The maximum absolute atomic E-state index is 12.4. The fraction of sp³-hybridized carbons (Fsp3) is 0.333. The minimum atomic E-state index is -3.61. The molecule has 9 heteroatoms. The third-order valence-corrected chi connectivity index (χ3v) is 6.02. The van der Waals surface area contributed by atoms with E-state index in [1.807, 2.05) is 12.1 Å². The van der Waals surface area contributed by atoms with Crippen LogP contribution in [0, 0.1) is 13.8 Å². The summed E-state index contributed by atoms with van der Waals surface area (Å²) < 4.78 is 28.1. The van der Waals surface area contributed by atoms with Crippen LogP contribution in [0.2, 0.25) is 0 Å². The standard InChI is InChI=1S/C15H19BrN4O3S/c1-10-15(24(22,23)19(3)4)11(2)20(18-10)9-14(21)17-13-7-5-6-12(16)8-13/h5-8H,9H2,1-4H3,(H,17,21). The summed E-state index contributed by atoms with van der Waals surface area (Å²) in [4.78, 5) is 12.3. The summed E-state index contributed by atoms with van der Waals surface area (Å²) in [6.45, 7) is 3.19. The van der Waals surface area contributed by atoms with E-state index in [9.17, 15) is 13.2 Å². The summed E-state index contributed by atoms with van der Waals surface area (Å²) in [5, 5.41) is 6.96. The lowest BCUT2D eigenvalue weighted by Gasteiger charge is -2.12. The second-order valence-electron chi connectivity index (χ2n) is 5.50. The van der Waals surface area contributed by atoms with Gasteiger partial charge in [-0.1, -0.05) is 22.0 Å². The van der Waals surface area contributed by atoms with Crippen LogP contribution in [-0.2, 0) is 21.4 Å². The molecule has 0 bridgehead atoms. The van der Waals surface area contributed by atoms with Crippen molar-refractivity contribution in [2.75, 3.05) is 19.4 Å². The molecule has 1 aromatic carbocycles. The molecule has 0 atom stereocenters.